The Labute approximate surface area is 101 Å². The van der Waals surface area contributed by atoms with Gasteiger partial charge in [-0.2, -0.15) is 0 Å². The van der Waals surface area contributed by atoms with E-state index in [1.54, 1.807) is 12.1 Å². The first kappa shape index (κ1) is 10.9. The van der Waals surface area contributed by atoms with Crippen molar-refractivity contribution >= 4 is 5.78 Å². The number of hydrogen-bond donors (Lipinski definition) is 0. The van der Waals surface area contributed by atoms with E-state index in [-0.39, 0.29) is 11.6 Å². The third-order valence-corrected chi connectivity index (χ3v) is 4.50. The average Bonchev–Trinajstić information content (AvgIpc) is 2.91. The summed E-state index contributed by atoms with van der Waals surface area (Å²) in [6.45, 7) is 0. The molecule has 0 aliphatic heterocycles. The van der Waals surface area contributed by atoms with E-state index in [1.165, 1.54) is 37.8 Å². The number of benzene rings is 1. The van der Waals surface area contributed by atoms with Crippen LogP contribution in [0.1, 0.15) is 42.5 Å². The highest BCUT2D eigenvalue weighted by Crippen LogP contribution is 2.49. The van der Waals surface area contributed by atoms with Crippen LogP contribution in [0.2, 0.25) is 0 Å². The van der Waals surface area contributed by atoms with Crippen molar-refractivity contribution in [2.24, 2.45) is 17.8 Å². The molecule has 1 nitrogen and oxygen atoms in total. The standard InChI is InChI=1S/C15H17FO/c16-14-5-3-11(4-6-14)15(17)9-13-8-10-1-2-12(13)7-10/h3-6,10,12-13H,1-2,7-9H2. The van der Waals surface area contributed by atoms with Crippen molar-refractivity contribution in [2.75, 3.05) is 0 Å². The summed E-state index contributed by atoms with van der Waals surface area (Å²) in [5.41, 5.74) is 0.661. The molecule has 17 heavy (non-hydrogen) atoms. The Kier molecular flexibility index (Phi) is 2.73. The molecule has 1 aromatic rings. The summed E-state index contributed by atoms with van der Waals surface area (Å²) in [5.74, 6) is 2.16. The topological polar surface area (TPSA) is 17.1 Å². The first-order chi connectivity index (χ1) is 8.22. The molecule has 1 aromatic carbocycles. The van der Waals surface area contributed by atoms with Gasteiger partial charge >= 0.3 is 0 Å². The molecule has 3 unspecified atom stereocenters. The minimum atomic E-state index is -0.276. The first-order valence-corrected chi connectivity index (χ1v) is 6.51. The summed E-state index contributed by atoms with van der Waals surface area (Å²) in [6.07, 6.45) is 5.91. The van der Waals surface area contributed by atoms with Crippen molar-refractivity contribution in [2.45, 2.75) is 32.1 Å². The highest BCUT2D eigenvalue weighted by molar-refractivity contribution is 5.96. The summed E-state index contributed by atoms with van der Waals surface area (Å²) < 4.78 is 12.8. The van der Waals surface area contributed by atoms with Crippen molar-refractivity contribution in [3.63, 3.8) is 0 Å². The van der Waals surface area contributed by atoms with Crippen LogP contribution in [0.25, 0.3) is 0 Å². The minimum Gasteiger partial charge on any atom is -0.294 e. The van der Waals surface area contributed by atoms with Crippen molar-refractivity contribution in [3.05, 3.63) is 35.6 Å². The average molecular weight is 232 g/mol. The van der Waals surface area contributed by atoms with Crippen molar-refractivity contribution < 1.29 is 9.18 Å². The summed E-state index contributed by atoms with van der Waals surface area (Å²) in [6, 6.07) is 5.94. The highest BCUT2D eigenvalue weighted by atomic mass is 19.1. The second-order valence-corrected chi connectivity index (χ2v) is 5.57. The molecule has 0 radical (unpaired) electrons. The second-order valence-electron chi connectivity index (χ2n) is 5.57. The zero-order valence-electron chi connectivity index (χ0n) is 9.86. The summed E-state index contributed by atoms with van der Waals surface area (Å²) >= 11 is 0. The number of fused-ring (bicyclic) bond motifs is 2. The van der Waals surface area contributed by atoms with Crippen molar-refractivity contribution in [1.29, 1.82) is 0 Å². The number of ketones is 1. The van der Waals surface area contributed by atoms with Crippen LogP contribution in [0.5, 0.6) is 0 Å². The van der Waals surface area contributed by atoms with E-state index in [4.69, 9.17) is 0 Å². The molecular weight excluding hydrogens is 215 g/mol. The molecule has 2 saturated carbocycles. The van der Waals surface area contributed by atoms with Gasteiger partial charge in [0.2, 0.25) is 0 Å². The fourth-order valence-corrected chi connectivity index (χ4v) is 3.62. The summed E-state index contributed by atoms with van der Waals surface area (Å²) in [7, 11) is 0. The molecule has 0 aromatic heterocycles. The van der Waals surface area contributed by atoms with Crippen LogP contribution >= 0.6 is 0 Å². The maximum atomic E-state index is 12.8. The Hall–Kier alpha value is -1.18. The molecule has 2 fully saturated rings. The fraction of sp³-hybridized carbons (Fsp3) is 0.533. The van der Waals surface area contributed by atoms with Gasteiger partial charge in [0, 0.05) is 12.0 Å². The Morgan fingerprint density at radius 2 is 1.94 bits per heavy atom. The van der Waals surface area contributed by atoms with Crippen molar-refractivity contribution in [1.82, 2.24) is 0 Å². The number of carbonyl (C=O) groups excluding carboxylic acids is 1. The maximum Gasteiger partial charge on any atom is 0.163 e. The normalized spacial score (nSPS) is 30.8. The largest absolute Gasteiger partial charge is 0.294 e. The third-order valence-electron chi connectivity index (χ3n) is 4.50. The van der Waals surface area contributed by atoms with Crippen LogP contribution in [0.15, 0.2) is 24.3 Å². The molecule has 90 valence electrons. The van der Waals surface area contributed by atoms with Crippen molar-refractivity contribution in [3.8, 4) is 0 Å². The predicted octanol–water partition coefficient (Wildman–Crippen LogP) is 3.83. The van der Waals surface area contributed by atoms with Gasteiger partial charge in [-0.05, 0) is 61.3 Å². The quantitative estimate of drug-likeness (QED) is 0.724. The van der Waals surface area contributed by atoms with Crippen LogP contribution < -0.4 is 0 Å². The maximum absolute atomic E-state index is 12.8. The van der Waals surface area contributed by atoms with Crippen LogP contribution in [0.3, 0.4) is 0 Å². The number of carbonyl (C=O) groups is 1. The van der Waals surface area contributed by atoms with Gasteiger partial charge in [-0.15, -0.1) is 0 Å². The molecule has 3 atom stereocenters. The van der Waals surface area contributed by atoms with Gasteiger partial charge in [0.1, 0.15) is 5.82 Å². The Morgan fingerprint density at radius 1 is 1.18 bits per heavy atom. The van der Waals surface area contributed by atoms with Gasteiger partial charge < -0.3 is 0 Å². The zero-order valence-corrected chi connectivity index (χ0v) is 9.86. The third kappa shape index (κ3) is 2.13. The van der Waals surface area contributed by atoms with Gasteiger partial charge in [-0.1, -0.05) is 6.42 Å². The number of rotatable bonds is 3. The van der Waals surface area contributed by atoms with Gasteiger partial charge in [0.05, 0.1) is 0 Å². The molecule has 0 saturated heterocycles. The molecule has 0 amide bonds. The first-order valence-electron chi connectivity index (χ1n) is 6.51. The Balaban J connectivity index is 1.65. The molecular formula is C15H17FO. The molecule has 0 spiro atoms. The van der Waals surface area contributed by atoms with Crippen LogP contribution in [0, 0.1) is 23.6 Å². The van der Waals surface area contributed by atoms with Gasteiger partial charge in [0.15, 0.2) is 5.78 Å². The van der Waals surface area contributed by atoms with E-state index in [2.05, 4.69) is 0 Å². The molecule has 2 heteroatoms. The highest BCUT2D eigenvalue weighted by Gasteiger charge is 2.40. The predicted molar refractivity (Wildman–Crippen MR) is 64.3 cm³/mol. The molecule has 2 aliphatic rings. The van der Waals surface area contributed by atoms with Gasteiger partial charge in [-0.25, -0.2) is 4.39 Å². The lowest BCUT2D eigenvalue weighted by atomic mass is 9.84. The van der Waals surface area contributed by atoms with E-state index in [9.17, 15) is 9.18 Å². The molecule has 2 aliphatic carbocycles. The van der Waals surface area contributed by atoms with E-state index < -0.39 is 0 Å². The number of Topliss-reactive ketones (excluding diaryl/α,β-unsaturated/α-hetero) is 1. The van der Waals surface area contributed by atoms with E-state index >= 15 is 0 Å². The lowest BCUT2D eigenvalue weighted by molar-refractivity contribution is 0.0944. The molecule has 0 heterocycles. The van der Waals surface area contributed by atoms with Crippen LogP contribution in [0.4, 0.5) is 4.39 Å². The Morgan fingerprint density at radius 3 is 2.53 bits per heavy atom. The van der Waals surface area contributed by atoms with Gasteiger partial charge in [0.25, 0.3) is 0 Å². The van der Waals surface area contributed by atoms with Gasteiger partial charge in [-0.3, -0.25) is 4.79 Å². The SMILES string of the molecule is O=C(CC1CC2CCC1C2)c1ccc(F)cc1. The van der Waals surface area contributed by atoms with E-state index in [0.717, 1.165) is 11.8 Å². The molecule has 3 rings (SSSR count). The molecule has 2 bridgehead atoms. The smallest absolute Gasteiger partial charge is 0.163 e. The monoisotopic (exact) mass is 232 g/mol. The van der Waals surface area contributed by atoms with E-state index in [1.807, 2.05) is 0 Å². The zero-order chi connectivity index (χ0) is 11.8. The van der Waals surface area contributed by atoms with Crippen LogP contribution in [-0.2, 0) is 0 Å². The Bertz CT molecular complexity index is 423. The minimum absolute atomic E-state index is 0.183. The second kappa shape index (κ2) is 4.25. The fourth-order valence-electron chi connectivity index (χ4n) is 3.62. The summed E-state index contributed by atoms with van der Waals surface area (Å²) in [5, 5.41) is 0. The summed E-state index contributed by atoms with van der Waals surface area (Å²) in [4.78, 5) is 12.1. The lowest BCUT2D eigenvalue weighted by Gasteiger charge is -2.20. The van der Waals surface area contributed by atoms with Crippen LogP contribution in [-0.4, -0.2) is 5.78 Å². The number of halogens is 1. The molecule has 0 N–H and O–H groups in total. The van der Waals surface area contributed by atoms with E-state index in [0.29, 0.717) is 17.9 Å². The lowest BCUT2D eigenvalue weighted by Crippen LogP contribution is -2.15. The number of hydrogen-bond acceptors (Lipinski definition) is 1.